The number of morpholine rings is 1. The lowest BCUT2D eigenvalue weighted by Gasteiger charge is -2.33. The van der Waals surface area contributed by atoms with Crippen LogP contribution < -0.4 is 10.0 Å². The van der Waals surface area contributed by atoms with Crippen LogP contribution in [-0.2, 0) is 29.1 Å². The molecule has 2 fully saturated rings. The maximum absolute atomic E-state index is 13.3. The number of ether oxygens (including phenoxy) is 1. The number of primary sulfonamides is 1. The molecule has 11 heteroatoms. The van der Waals surface area contributed by atoms with E-state index in [2.05, 4.69) is 4.90 Å². The van der Waals surface area contributed by atoms with Crippen molar-refractivity contribution in [3.05, 3.63) is 24.3 Å². The highest BCUT2D eigenvalue weighted by atomic mass is 32.2. The van der Waals surface area contributed by atoms with Crippen LogP contribution in [0.2, 0.25) is 0 Å². The molecule has 0 radical (unpaired) electrons. The third-order valence-electron chi connectivity index (χ3n) is 5.69. The highest BCUT2D eigenvalue weighted by molar-refractivity contribution is 7.89. The molecule has 1 aromatic carbocycles. The number of anilines is 1. The Hall–Kier alpha value is -2.34. The number of amides is 3. The smallest absolute Gasteiger partial charge is 0.257 e. The van der Waals surface area contributed by atoms with E-state index in [1.165, 1.54) is 29.2 Å². The average Bonchev–Trinajstić information content (AvgIpc) is 3.01. The molecule has 3 rings (SSSR count). The van der Waals surface area contributed by atoms with Crippen molar-refractivity contribution in [2.45, 2.75) is 44.6 Å². The topological polar surface area (TPSA) is 130 Å². The highest BCUT2D eigenvalue weighted by Crippen LogP contribution is 2.28. The molecule has 0 bridgehead atoms. The van der Waals surface area contributed by atoms with Crippen LogP contribution in [0.25, 0.3) is 0 Å². The number of hydrogen-bond acceptors (Lipinski definition) is 7. The van der Waals surface area contributed by atoms with Crippen molar-refractivity contribution in [3.8, 4) is 0 Å². The summed E-state index contributed by atoms with van der Waals surface area (Å²) in [5, 5.41) is 5.12. The average molecular weight is 481 g/mol. The van der Waals surface area contributed by atoms with Gasteiger partial charge in [-0.3, -0.25) is 19.3 Å². The third kappa shape index (κ3) is 6.38. The highest BCUT2D eigenvalue weighted by Gasteiger charge is 2.44. The van der Waals surface area contributed by atoms with Crippen LogP contribution in [0.5, 0.6) is 0 Å². The molecule has 0 aliphatic carbocycles. The number of hydrogen-bond donors (Lipinski definition) is 1. The Morgan fingerprint density at radius 2 is 1.76 bits per heavy atom. The summed E-state index contributed by atoms with van der Waals surface area (Å²) in [6.45, 7) is 9.52. The van der Waals surface area contributed by atoms with Gasteiger partial charge in [-0.05, 0) is 29.7 Å². The molecule has 33 heavy (non-hydrogen) atoms. The molecule has 182 valence electrons. The van der Waals surface area contributed by atoms with E-state index in [4.69, 9.17) is 9.88 Å². The Bertz CT molecular complexity index is 997. The first-order valence-corrected chi connectivity index (χ1v) is 12.5. The predicted octanol–water partition coefficient (Wildman–Crippen LogP) is 0.563. The van der Waals surface area contributed by atoms with Crippen LogP contribution in [0.4, 0.5) is 5.69 Å². The van der Waals surface area contributed by atoms with Crippen LogP contribution in [0, 0.1) is 5.41 Å². The fraction of sp³-hybridized carbons (Fsp3) is 0.591. The SMILES string of the molecule is CC(C)(C)CC(=O)N(CCN1CCOCC1)C1CC(=O)N(c2ccc(S(N)(=O)=O)cc2)C1=O. The van der Waals surface area contributed by atoms with Crippen LogP contribution in [0.1, 0.15) is 33.6 Å². The molecular formula is C22H32N4O6S. The summed E-state index contributed by atoms with van der Waals surface area (Å²) in [6, 6.07) is 4.34. The molecule has 2 aliphatic heterocycles. The van der Waals surface area contributed by atoms with Gasteiger partial charge in [0.15, 0.2) is 0 Å². The summed E-state index contributed by atoms with van der Waals surface area (Å²) >= 11 is 0. The maximum Gasteiger partial charge on any atom is 0.257 e. The van der Waals surface area contributed by atoms with E-state index in [0.717, 1.165) is 18.0 Å². The van der Waals surface area contributed by atoms with Gasteiger partial charge in [0, 0.05) is 32.6 Å². The molecule has 2 heterocycles. The maximum atomic E-state index is 13.3. The van der Waals surface area contributed by atoms with E-state index in [0.29, 0.717) is 26.3 Å². The number of rotatable bonds is 7. The number of nitrogens with two attached hydrogens (primary N) is 1. The fourth-order valence-electron chi connectivity index (χ4n) is 4.00. The molecule has 2 N–H and O–H groups in total. The monoisotopic (exact) mass is 480 g/mol. The lowest BCUT2D eigenvalue weighted by molar-refractivity contribution is -0.140. The first kappa shape index (κ1) is 25.3. The summed E-state index contributed by atoms with van der Waals surface area (Å²) in [5.74, 6) is -1.10. The van der Waals surface area contributed by atoms with Gasteiger partial charge >= 0.3 is 0 Å². The van der Waals surface area contributed by atoms with Gasteiger partial charge in [-0.1, -0.05) is 20.8 Å². The van der Waals surface area contributed by atoms with Crippen molar-refractivity contribution in [1.29, 1.82) is 0 Å². The Labute approximate surface area is 194 Å². The molecule has 1 atom stereocenters. The van der Waals surface area contributed by atoms with Crippen molar-refractivity contribution in [2.24, 2.45) is 10.6 Å². The number of carbonyl (C=O) groups is 3. The molecule has 0 saturated carbocycles. The summed E-state index contributed by atoms with van der Waals surface area (Å²) in [4.78, 5) is 43.9. The molecule has 1 aromatic rings. The van der Waals surface area contributed by atoms with Gasteiger partial charge < -0.3 is 9.64 Å². The lowest BCUT2D eigenvalue weighted by atomic mass is 9.91. The number of carbonyl (C=O) groups excluding carboxylic acids is 3. The van der Waals surface area contributed by atoms with Crippen molar-refractivity contribution in [3.63, 3.8) is 0 Å². The number of imide groups is 1. The zero-order chi connectivity index (χ0) is 24.4. The molecule has 1 unspecified atom stereocenters. The minimum atomic E-state index is -3.90. The van der Waals surface area contributed by atoms with Gasteiger partial charge in [-0.2, -0.15) is 0 Å². The second-order valence-electron chi connectivity index (χ2n) is 9.60. The van der Waals surface area contributed by atoms with E-state index in [-0.39, 0.29) is 34.7 Å². The largest absolute Gasteiger partial charge is 0.379 e. The Morgan fingerprint density at radius 1 is 1.15 bits per heavy atom. The Kier molecular flexibility index (Phi) is 7.57. The zero-order valence-electron chi connectivity index (χ0n) is 19.3. The molecule has 10 nitrogen and oxygen atoms in total. The van der Waals surface area contributed by atoms with Gasteiger partial charge in [-0.25, -0.2) is 18.5 Å². The molecular weight excluding hydrogens is 448 g/mol. The van der Waals surface area contributed by atoms with Gasteiger partial charge in [0.25, 0.3) is 5.91 Å². The first-order valence-electron chi connectivity index (χ1n) is 11.0. The second-order valence-corrected chi connectivity index (χ2v) is 11.2. The van der Waals surface area contributed by atoms with Gasteiger partial charge in [0.1, 0.15) is 6.04 Å². The summed E-state index contributed by atoms with van der Waals surface area (Å²) < 4.78 is 28.4. The van der Waals surface area contributed by atoms with Gasteiger partial charge in [-0.15, -0.1) is 0 Å². The number of benzene rings is 1. The van der Waals surface area contributed by atoms with Crippen LogP contribution in [0.15, 0.2) is 29.2 Å². The van der Waals surface area contributed by atoms with E-state index in [1.807, 2.05) is 20.8 Å². The van der Waals surface area contributed by atoms with Gasteiger partial charge in [0.05, 0.1) is 30.2 Å². The minimum Gasteiger partial charge on any atom is -0.379 e. The van der Waals surface area contributed by atoms with Gasteiger partial charge in [0.2, 0.25) is 21.8 Å². The molecule has 0 aromatic heterocycles. The quantitative estimate of drug-likeness (QED) is 0.565. The van der Waals surface area contributed by atoms with E-state index in [1.54, 1.807) is 0 Å². The van der Waals surface area contributed by atoms with E-state index in [9.17, 15) is 22.8 Å². The first-order chi connectivity index (χ1) is 15.4. The van der Waals surface area contributed by atoms with Crippen LogP contribution >= 0.6 is 0 Å². The minimum absolute atomic E-state index is 0.116. The Balaban J connectivity index is 1.81. The molecule has 3 amide bonds. The predicted molar refractivity (Wildman–Crippen MR) is 122 cm³/mol. The number of sulfonamides is 1. The normalized spacial score (nSPS) is 20.4. The summed E-state index contributed by atoms with van der Waals surface area (Å²) in [7, 11) is -3.90. The second kappa shape index (κ2) is 9.88. The van der Waals surface area contributed by atoms with E-state index >= 15 is 0 Å². The van der Waals surface area contributed by atoms with Crippen molar-refractivity contribution < 1.29 is 27.5 Å². The zero-order valence-corrected chi connectivity index (χ0v) is 20.1. The lowest BCUT2D eigenvalue weighted by Crippen LogP contribution is -2.50. The molecule has 2 aliphatic rings. The molecule has 2 saturated heterocycles. The fourth-order valence-corrected chi connectivity index (χ4v) is 4.51. The third-order valence-corrected chi connectivity index (χ3v) is 6.61. The van der Waals surface area contributed by atoms with E-state index < -0.39 is 27.9 Å². The van der Waals surface area contributed by atoms with Crippen LogP contribution in [-0.4, -0.2) is 81.4 Å². The number of nitrogens with zero attached hydrogens (tertiary/aromatic N) is 3. The summed E-state index contributed by atoms with van der Waals surface area (Å²) in [5.41, 5.74) is -0.0280. The van der Waals surface area contributed by atoms with Crippen molar-refractivity contribution in [1.82, 2.24) is 9.80 Å². The standard InChI is InChI=1S/C22H32N4O6S/c1-22(2,3)15-20(28)25(9-8-24-10-12-32-13-11-24)18-14-19(27)26(21(18)29)16-4-6-17(7-5-16)33(23,30)31/h4-7,18H,8-15H2,1-3H3,(H2,23,30,31). The Morgan fingerprint density at radius 3 is 2.30 bits per heavy atom. The molecule has 0 spiro atoms. The summed E-state index contributed by atoms with van der Waals surface area (Å²) in [6.07, 6.45) is 0.131. The van der Waals surface area contributed by atoms with Crippen molar-refractivity contribution in [2.75, 3.05) is 44.3 Å². The van der Waals surface area contributed by atoms with Crippen molar-refractivity contribution >= 4 is 33.4 Å². The van der Waals surface area contributed by atoms with Crippen LogP contribution in [0.3, 0.4) is 0 Å².